The van der Waals surface area contributed by atoms with Gasteiger partial charge in [-0.25, -0.2) is 4.98 Å². The first-order chi connectivity index (χ1) is 14.5. The van der Waals surface area contributed by atoms with Crippen LogP contribution in [0.25, 0.3) is 11.2 Å². The van der Waals surface area contributed by atoms with Gasteiger partial charge in [0.15, 0.2) is 23.5 Å². The molecule has 0 unspecified atom stereocenters. The molecule has 30 heavy (non-hydrogen) atoms. The molecule has 10 nitrogen and oxygen atoms in total. The third-order valence-corrected chi connectivity index (χ3v) is 5.41. The fraction of sp³-hybridized carbons (Fsp3) is 0.333. The van der Waals surface area contributed by atoms with Crippen LogP contribution >= 0.6 is 34.2 Å². The number of rotatable bonds is 6. The van der Waals surface area contributed by atoms with Crippen LogP contribution in [0.5, 0.6) is 0 Å². The molecule has 0 spiro atoms. The number of aliphatic hydroxyl groups excluding tert-OH is 1. The van der Waals surface area contributed by atoms with Crippen molar-refractivity contribution in [1.29, 1.82) is 0 Å². The molecule has 3 heterocycles. The molecular formula is C18H18ClIN6O4. The van der Waals surface area contributed by atoms with Crippen LogP contribution in [0.1, 0.15) is 5.56 Å². The number of halogens is 2. The number of nitrogens with one attached hydrogen (secondary N) is 2. The van der Waals surface area contributed by atoms with Gasteiger partial charge in [0, 0.05) is 17.2 Å². The molecule has 1 saturated heterocycles. The summed E-state index contributed by atoms with van der Waals surface area (Å²) >= 11 is 8.35. The van der Waals surface area contributed by atoms with E-state index in [4.69, 9.17) is 21.2 Å². The number of hydrogen-bond acceptors (Lipinski definition) is 8. The molecule has 3 atom stereocenters. The second-order valence-corrected chi connectivity index (χ2v) is 8.15. The highest BCUT2D eigenvalue weighted by molar-refractivity contribution is 14.1. The zero-order chi connectivity index (χ0) is 21.3. The summed E-state index contributed by atoms with van der Waals surface area (Å²) < 4.78 is 7.77. The van der Waals surface area contributed by atoms with Gasteiger partial charge < -0.3 is 25.3 Å². The van der Waals surface area contributed by atoms with Crippen molar-refractivity contribution >= 4 is 57.1 Å². The lowest BCUT2D eigenvalue weighted by Crippen LogP contribution is -2.44. The molecule has 1 aliphatic heterocycles. The molecule has 2 aromatic heterocycles. The van der Waals surface area contributed by atoms with Gasteiger partial charge in [-0.1, -0.05) is 12.1 Å². The van der Waals surface area contributed by atoms with Crippen molar-refractivity contribution < 1.29 is 19.5 Å². The number of imidazole rings is 1. The SMILES string of the molecule is CNC(=O)[C@H]1OC[C@H](On2cnc3c(NCc4cccc(I)c4)nc(Cl)nc32)[C@@H]1O. The normalized spacial score (nSPS) is 21.0. The average Bonchev–Trinajstić information content (AvgIpc) is 3.30. The van der Waals surface area contributed by atoms with Crippen LogP contribution in [0.3, 0.4) is 0 Å². The lowest BCUT2D eigenvalue weighted by Gasteiger charge is -2.17. The summed E-state index contributed by atoms with van der Waals surface area (Å²) in [5.74, 6) is 0.0363. The number of likely N-dealkylation sites (N-methyl/N-ethyl adjacent to an activating group) is 1. The van der Waals surface area contributed by atoms with E-state index in [1.165, 1.54) is 18.1 Å². The summed E-state index contributed by atoms with van der Waals surface area (Å²) in [6, 6.07) is 8.05. The van der Waals surface area contributed by atoms with E-state index < -0.39 is 24.2 Å². The van der Waals surface area contributed by atoms with Crippen molar-refractivity contribution in [2.24, 2.45) is 0 Å². The molecule has 4 rings (SSSR count). The molecule has 0 bridgehead atoms. The van der Waals surface area contributed by atoms with E-state index >= 15 is 0 Å². The van der Waals surface area contributed by atoms with Crippen LogP contribution in [0.4, 0.5) is 5.82 Å². The van der Waals surface area contributed by atoms with E-state index in [1.807, 2.05) is 18.2 Å². The molecule has 12 heteroatoms. The highest BCUT2D eigenvalue weighted by Crippen LogP contribution is 2.23. The maximum Gasteiger partial charge on any atom is 0.251 e. The van der Waals surface area contributed by atoms with E-state index in [9.17, 15) is 9.90 Å². The smallest absolute Gasteiger partial charge is 0.251 e. The van der Waals surface area contributed by atoms with Gasteiger partial charge in [0.2, 0.25) is 10.9 Å². The number of anilines is 1. The second kappa shape index (κ2) is 8.88. The van der Waals surface area contributed by atoms with E-state index in [2.05, 4.69) is 54.2 Å². The van der Waals surface area contributed by atoms with Gasteiger partial charge in [-0.15, -0.1) is 0 Å². The zero-order valence-corrected chi connectivity index (χ0v) is 18.7. The largest absolute Gasteiger partial charge is 0.402 e. The lowest BCUT2D eigenvalue weighted by molar-refractivity contribution is -0.133. The quantitative estimate of drug-likeness (QED) is 0.310. The Morgan fingerprint density at radius 2 is 2.30 bits per heavy atom. The van der Waals surface area contributed by atoms with Gasteiger partial charge in [-0.05, 0) is 51.9 Å². The fourth-order valence-electron chi connectivity index (χ4n) is 3.09. The molecule has 1 aliphatic rings. The minimum atomic E-state index is -1.14. The fourth-order valence-corrected chi connectivity index (χ4v) is 3.86. The first kappa shape index (κ1) is 21.0. The van der Waals surface area contributed by atoms with Crippen LogP contribution in [0.15, 0.2) is 30.6 Å². The van der Waals surface area contributed by atoms with Crippen molar-refractivity contribution in [1.82, 2.24) is 25.0 Å². The van der Waals surface area contributed by atoms with Crippen LogP contribution in [0.2, 0.25) is 5.28 Å². The number of aromatic nitrogens is 4. The lowest BCUT2D eigenvalue weighted by atomic mass is 10.1. The topological polar surface area (TPSA) is 123 Å². The van der Waals surface area contributed by atoms with Crippen molar-refractivity contribution in [3.63, 3.8) is 0 Å². The van der Waals surface area contributed by atoms with Crippen LogP contribution in [-0.2, 0) is 16.1 Å². The van der Waals surface area contributed by atoms with E-state index in [1.54, 1.807) is 0 Å². The van der Waals surface area contributed by atoms with Gasteiger partial charge in [0.1, 0.15) is 12.4 Å². The first-order valence-corrected chi connectivity index (χ1v) is 10.5. The molecule has 3 N–H and O–H groups in total. The standard InChI is InChI=1S/C18H18ClIN6O4/c1-21-17(28)14-13(27)11(7-29-14)30-26-8-23-12-15(24-18(19)25-16(12)26)22-6-9-3-2-4-10(20)5-9/h2-5,8,11,13-14,27H,6-7H2,1H3,(H,21,28)(H,22,24,25)/t11-,13-,14-/m0/s1. The van der Waals surface area contributed by atoms with Crippen LogP contribution < -0.4 is 15.5 Å². The molecule has 1 aromatic carbocycles. The number of nitrogens with zero attached hydrogens (tertiary/aromatic N) is 4. The van der Waals surface area contributed by atoms with Crippen LogP contribution in [-0.4, -0.2) is 62.7 Å². The minimum Gasteiger partial charge on any atom is -0.402 e. The Balaban J connectivity index is 1.54. The Labute approximate surface area is 190 Å². The summed E-state index contributed by atoms with van der Waals surface area (Å²) in [4.78, 5) is 30.3. The van der Waals surface area contributed by atoms with Gasteiger partial charge >= 0.3 is 0 Å². The summed E-state index contributed by atoms with van der Waals surface area (Å²) in [6.07, 6.45) is -1.51. The van der Waals surface area contributed by atoms with Gasteiger partial charge in [0.25, 0.3) is 5.91 Å². The molecule has 0 aliphatic carbocycles. The van der Waals surface area contributed by atoms with Gasteiger partial charge in [0.05, 0.1) is 6.61 Å². The molecule has 3 aromatic rings. The average molecular weight is 545 g/mol. The number of carbonyl (C=O) groups is 1. The summed E-state index contributed by atoms with van der Waals surface area (Å²) in [5, 5.41) is 16.0. The highest BCUT2D eigenvalue weighted by atomic mass is 127. The maximum atomic E-state index is 11.8. The first-order valence-electron chi connectivity index (χ1n) is 9.03. The third-order valence-electron chi connectivity index (χ3n) is 4.57. The van der Waals surface area contributed by atoms with Gasteiger partial charge in [-0.3, -0.25) is 4.79 Å². The number of benzene rings is 1. The van der Waals surface area contributed by atoms with Crippen molar-refractivity contribution in [2.75, 3.05) is 19.0 Å². The summed E-state index contributed by atoms with van der Waals surface area (Å²) in [7, 11) is 1.47. The van der Waals surface area contributed by atoms with E-state index in [0.29, 0.717) is 23.5 Å². The van der Waals surface area contributed by atoms with Gasteiger partial charge in [-0.2, -0.15) is 14.7 Å². The predicted molar refractivity (Wildman–Crippen MR) is 117 cm³/mol. The predicted octanol–water partition coefficient (Wildman–Crippen LogP) is 0.999. The van der Waals surface area contributed by atoms with Crippen LogP contribution in [0, 0.1) is 3.57 Å². The van der Waals surface area contributed by atoms with E-state index in [-0.39, 0.29) is 11.9 Å². The molecule has 0 saturated carbocycles. The Morgan fingerprint density at radius 1 is 1.47 bits per heavy atom. The molecular weight excluding hydrogens is 527 g/mol. The maximum absolute atomic E-state index is 11.8. The molecule has 1 fully saturated rings. The van der Waals surface area contributed by atoms with Crippen molar-refractivity contribution in [3.05, 3.63) is 45.0 Å². The molecule has 158 valence electrons. The summed E-state index contributed by atoms with van der Waals surface area (Å²) in [5.41, 5.74) is 1.86. The monoisotopic (exact) mass is 544 g/mol. The summed E-state index contributed by atoms with van der Waals surface area (Å²) in [6.45, 7) is 0.561. The highest BCUT2D eigenvalue weighted by Gasteiger charge is 2.42. The number of aliphatic hydroxyl groups is 1. The number of ether oxygens (including phenoxy) is 1. The third kappa shape index (κ3) is 4.29. The molecule has 0 radical (unpaired) electrons. The number of fused-ring (bicyclic) bond motifs is 1. The number of hydrogen-bond donors (Lipinski definition) is 3. The Bertz CT molecular complexity index is 1080. The minimum absolute atomic E-state index is 0.0180. The Morgan fingerprint density at radius 3 is 3.07 bits per heavy atom. The van der Waals surface area contributed by atoms with Crippen molar-refractivity contribution in [3.8, 4) is 0 Å². The zero-order valence-electron chi connectivity index (χ0n) is 15.7. The number of amides is 1. The number of carbonyl (C=O) groups excluding carboxylic acids is 1. The molecule has 1 amide bonds. The Kier molecular flexibility index (Phi) is 6.22. The van der Waals surface area contributed by atoms with Crippen molar-refractivity contribution in [2.45, 2.75) is 24.9 Å². The van der Waals surface area contributed by atoms with E-state index in [0.717, 1.165) is 9.13 Å². The Hall–Kier alpha value is -2.22. The second-order valence-electron chi connectivity index (χ2n) is 6.57.